The zero-order valence-electron chi connectivity index (χ0n) is 26.0. The number of ketones is 2. The topological polar surface area (TPSA) is 83.9 Å². The number of allylic oxidation sites excluding steroid dienone is 4. The zero-order valence-corrected chi connectivity index (χ0v) is 26.0. The number of esters is 1. The van der Waals surface area contributed by atoms with E-state index in [9.17, 15) is 14.4 Å². The predicted molar refractivity (Wildman–Crippen MR) is 165 cm³/mol. The Balaban J connectivity index is 1.48. The van der Waals surface area contributed by atoms with Crippen molar-refractivity contribution in [2.75, 3.05) is 25.1 Å². The van der Waals surface area contributed by atoms with Crippen LogP contribution in [-0.2, 0) is 19.1 Å². The van der Waals surface area contributed by atoms with E-state index < -0.39 is 11.0 Å². The van der Waals surface area contributed by atoms with Crippen molar-refractivity contribution in [2.45, 2.75) is 109 Å². The van der Waals surface area contributed by atoms with Gasteiger partial charge in [0, 0.05) is 50.6 Å². The maximum atomic E-state index is 13.4. The molecular weight excluding hydrogens is 526 g/mol. The number of hydrogen-bond donors (Lipinski definition) is 1. The number of hydrogen-bond acceptors (Lipinski definition) is 6. The number of rotatable bonds is 11. The molecule has 1 unspecified atom stereocenters. The van der Waals surface area contributed by atoms with E-state index in [-0.39, 0.29) is 36.0 Å². The van der Waals surface area contributed by atoms with Crippen LogP contribution in [0.15, 0.2) is 47.1 Å². The summed E-state index contributed by atoms with van der Waals surface area (Å²) in [6, 6.07) is 8.96. The molecule has 2 saturated carbocycles. The number of Topliss-reactive ketones (excluding diaryl/α,β-unsaturated/α-hetero) is 1. The van der Waals surface area contributed by atoms with Crippen molar-refractivity contribution in [3.8, 4) is 0 Å². The first-order valence-corrected chi connectivity index (χ1v) is 16.2. The van der Waals surface area contributed by atoms with Gasteiger partial charge in [0.25, 0.3) is 0 Å². The molecule has 0 aromatic heterocycles. The van der Waals surface area contributed by atoms with E-state index in [1.165, 1.54) is 41.3 Å². The van der Waals surface area contributed by atoms with Crippen LogP contribution in [0.1, 0.15) is 109 Å². The van der Waals surface area contributed by atoms with Crippen molar-refractivity contribution in [1.82, 2.24) is 0 Å². The van der Waals surface area contributed by atoms with Gasteiger partial charge >= 0.3 is 5.97 Å². The Labute approximate surface area is 251 Å². The number of aliphatic hydroxyl groups is 1. The third-order valence-electron chi connectivity index (χ3n) is 11.1. The zero-order chi connectivity index (χ0) is 30.1. The number of carbonyl (C=O) groups excluding carboxylic acids is 3. The molecule has 42 heavy (non-hydrogen) atoms. The number of ether oxygens (including phenoxy) is 1. The van der Waals surface area contributed by atoms with Gasteiger partial charge in [0.15, 0.2) is 17.2 Å². The van der Waals surface area contributed by atoms with Crippen LogP contribution in [0, 0.1) is 17.3 Å². The largest absolute Gasteiger partial charge is 0.451 e. The monoisotopic (exact) mass is 575 g/mol. The molecule has 0 bridgehead atoms. The smallest absolute Gasteiger partial charge is 0.303 e. The van der Waals surface area contributed by atoms with Crippen LogP contribution in [0.5, 0.6) is 0 Å². The van der Waals surface area contributed by atoms with Crippen molar-refractivity contribution >= 4 is 23.2 Å². The van der Waals surface area contributed by atoms with Crippen LogP contribution in [0.25, 0.3) is 0 Å². The lowest BCUT2D eigenvalue weighted by molar-refractivity contribution is -0.182. The summed E-state index contributed by atoms with van der Waals surface area (Å²) < 4.78 is 6.06. The molecule has 5 rings (SSSR count). The first kappa shape index (κ1) is 30.7. The number of unbranched alkanes of at least 4 members (excludes halogenated alkanes) is 4. The summed E-state index contributed by atoms with van der Waals surface area (Å²) in [5, 5.41) is 8.99. The first-order valence-electron chi connectivity index (χ1n) is 16.2. The number of carbonyl (C=O) groups is 3. The molecule has 228 valence electrons. The molecule has 1 aromatic carbocycles. The summed E-state index contributed by atoms with van der Waals surface area (Å²) in [5.74, 6) is 0.512. The van der Waals surface area contributed by atoms with Crippen molar-refractivity contribution < 1.29 is 24.2 Å². The lowest BCUT2D eigenvalue weighted by Gasteiger charge is -2.55. The maximum Gasteiger partial charge on any atom is 0.303 e. The Kier molecular flexibility index (Phi) is 9.13. The molecule has 2 fully saturated rings. The molecule has 0 radical (unpaired) electrons. The first-order chi connectivity index (χ1) is 20.1. The molecule has 1 aromatic rings. The second-order valence-electron chi connectivity index (χ2n) is 13.5. The van der Waals surface area contributed by atoms with E-state index in [0.29, 0.717) is 18.8 Å². The Hall–Kier alpha value is -2.73. The second kappa shape index (κ2) is 12.5. The number of anilines is 1. The molecule has 4 aliphatic carbocycles. The summed E-state index contributed by atoms with van der Waals surface area (Å²) in [5.41, 5.74) is 4.97. The Bertz CT molecular complexity index is 1260. The minimum Gasteiger partial charge on any atom is -0.451 e. The molecule has 0 amide bonds. The maximum absolute atomic E-state index is 13.4. The van der Waals surface area contributed by atoms with Crippen molar-refractivity contribution in [1.29, 1.82) is 0 Å². The standard InChI is InChI=1S/C36H49NO5/c1-24(39)36(42-25(2)40)19-18-33-31-16-12-27-22-29(41)15-17-30(27)34(31)32(23-35(33,36)3)26-10-13-28(14-11-26)37(4)20-8-6-5-7-9-21-38/h10-11,13-14,22,31-33,38H,5-9,12,15-21,23H2,1-4H3/t31?,32-,33+,35+,36+/m1/s1. The van der Waals surface area contributed by atoms with Crippen molar-refractivity contribution in [2.24, 2.45) is 17.3 Å². The molecule has 4 aliphatic rings. The van der Waals surface area contributed by atoms with Crippen molar-refractivity contribution in [3.05, 3.63) is 52.6 Å². The van der Waals surface area contributed by atoms with Gasteiger partial charge in [0.2, 0.25) is 0 Å². The van der Waals surface area contributed by atoms with E-state index in [1.807, 2.05) is 6.08 Å². The summed E-state index contributed by atoms with van der Waals surface area (Å²) in [7, 11) is 2.14. The molecule has 0 spiro atoms. The number of benzene rings is 1. The molecule has 0 aliphatic heterocycles. The minimum absolute atomic E-state index is 0.0365. The van der Waals surface area contributed by atoms with Crippen molar-refractivity contribution in [3.63, 3.8) is 0 Å². The van der Waals surface area contributed by atoms with Crippen LogP contribution in [0.2, 0.25) is 0 Å². The van der Waals surface area contributed by atoms with E-state index in [2.05, 4.69) is 43.1 Å². The molecule has 5 atom stereocenters. The third kappa shape index (κ3) is 5.52. The van der Waals surface area contributed by atoms with Gasteiger partial charge in [-0.15, -0.1) is 0 Å². The average molecular weight is 576 g/mol. The van der Waals surface area contributed by atoms with Crippen LogP contribution in [0.3, 0.4) is 0 Å². The number of aliphatic hydroxyl groups excluding tert-OH is 1. The molecule has 1 N–H and O–H groups in total. The fourth-order valence-corrected chi connectivity index (χ4v) is 9.09. The van der Waals surface area contributed by atoms with Gasteiger partial charge in [0.05, 0.1) is 0 Å². The summed E-state index contributed by atoms with van der Waals surface area (Å²) in [4.78, 5) is 40.4. The highest BCUT2D eigenvalue weighted by atomic mass is 16.6. The van der Waals surface area contributed by atoms with Gasteiger partial charge in [0.1, 0.15) is 0 Å². The summed E-state index contributed by atoms with van der Waals surface area (Å²) >= 11 is 0. The fourth-order valence-electron chi connectivity index (χ4n) is 9.09. The van der Waals surface area contributed by atoms with E-state index in [1.54, 1.807) is 6.92 Å². The fraction of sp³-hybridized carbons (Fsp3) is 0.639. The number of fused-ring (bicyclic) bond motifs is 4. The van der Waals surface area contributed by atoms with Crippen LogP contribution >= 0.6 is 0 Å². The molecule has 0 heterocycles. The average Bonchev–Trinajstić information content (AvgIpc) is 3.26. The SMILES string of the molecule is CC(=O)O[C@]1(C(C)=O)CC[C@H]2C3CCC4=CC(=O)CCC4=C3[C@@H](c3ccc(N(C)CCCCCCCO)cc3)C[C@@]21C. The van der Waals surface area contributed by atoms with Gasteiger partial charge in [-0.2, -0.15) is 0 Å². The van der Waals surface area contributed by atoms with Gasteiger partial charge < -0.3 is 14.7 Å². The second-order valence-corrected chi connectivity index (χ2v) is 13.5. The van der Waals surface area contributed by atoms with E-state index in [0.717, 1.165) is 64.3 Å². The van der Waals surface area contributed by atoms with Crippen LogP contribution < -0.4 is 4.90 Å². The van der Waals surface area contributed by atoms with Gasteiger partial charge in [-0.25, -0.2) is 0 Å². The molecular formula is C36H49NO5. The Morgan fingerprint density at radius 2 is 1.71 bits per heavy atom. The molecule has 6 heteroatoms. The minimum atomic E-state index is -1.09. The molecule has 6 nitrogen and oxygen atoms in total. The summed E-state index contributed by atoms with van der Waals surface area (Å²) in [6.07, 6.45) is 12.8. The predicted octanol–water partition coefficient (Wildman–Crippen LogP) is 6.86. The normalized spacial score (nSPS) is 30.3. The number of nitrogens with zero attached hydrogens (tertiary/aromatic N) is 1. The van der Waals surface area contributed by atoms with Crippen LogP contribution in [0.4, 0.5) is 5.69 Å². The highest BCUT2D eigenvalue weighted by Gasteiger charge is 2.67. The highest BCUT2D eigenvalue weighted by Crippen LogP contribution is 2.67. The van der Waals surface area contributed by atoms with Gasteiger partial charge in [-0.05, 0) is 105 Å². The Morgan fingerprint density at radius 3 is 2.40 bits per heavy atom. The third-order valence-corrected chi connectivity index (χ3v) is 11.1. The highest BCUT2D eigenvalue weighted by molar-refractivity contribution is 5.93. The molecule has 0 saturated heterocycles. The Morgan fingerprint density at radius 1 is 1.00 bits per heavy atom. The lowest BCUT2D eigenvalue weighted by atomic mass is 9.50. The van der Waals surface area contributed by atoms with E-state index >= 15 is 0 Å². The lowest BCUT2D eigenvalue weighted by Crippen LogP contribution is -2.57. The van der Waals surface area contributed by atoms with E-state index in [4.69, 9.17) is 9.84 Å². The van der Waals surface area contributed by atoms with Crippen LogP contribution in [-0.4, -0.2) is 48.4 Å². The summed E-state index contributed by atoms with van der Waals surface area (Å²) in [6.45, 7) is 6.51. The quantitative estimate of drug-likeness (QED) is 0.229. The van der Waals surface area contributed by atoms with Gasteiger partial charge in [-0.3, -0.25) is 14.4 Å². The van der Waals surface area contributed by atoms with Gasteiger partial charge in [-0.1, -0.05) is 43.9 Å².